The van der Waals surface area contributed by atoms with Gasteiger partial charge in [0.25, 0.3) is 0 Å². The van der Waals surface area contributed by atoms with Gasteiger partial charge in [0.05, 0.1) is 18.4 Å². The molecule has 6 nitrogen and oxygen atoms in total. The van der Waals surface area contributed by atoms with Gasteiger partial charge in [-0.3, -0.25) is 4.79 Å². The number of aromatic nitrogens is 1. The monoisotopic (exact) mass is 330 g/mol. The zero-order valence-electron chi connectivity index (χ0n) is 12.8. The predicted molar refractivity (Wildman–Crippen MR) is 89.2 cm³/mol. The second-order valence-corrected chi connectivity index (χ2v) is 6.13. The first-order valence-electron chi connectivity index (χ1n) is 6.86. The van der Waals surface area contributed by atoms with Crippen LogP contribution in [0.25, 0.3) is 22.2 Å². The number of para-hydroxylation sites is 1. The maximum absolute atomic E-state index is 12.3. The van der Waals surface area contributed by atoms with Crippen molar-refractivity contribution in [2.24, 2.45) is 0 Å². The van der Waals surface area contributed by atoms with Crippen LogP contribution in [0.5, 0.6) is 5.75 Å². The Balaban J connectivity index is 2.17. The topological polar surface area (TPSA) is 81.4 Å². The number of carbonyl (C=O) groups excluding carboxylic acids is 1. The van der Waals surface area contributed by atoms with E-state index in [1.165, 1.54) is 25.4 Å². The van der Waals surface area contributed by atoms with Gasteiger partial charge in [0, 0.05) is 17.2 Å². The molecule has 118 valence electrons. The molecule has 0 aliphatic carbocycles. The summed E-state index contributed by atoms with van der Waals surface area (Å²) >= 11 is 1.31. The van der Waals surface area contributed by atoms with Crippen molar-refractivity contribution >= 4 is 33.3 Å². The molecule has 0 spiro atoms. The lowest BCUT2D eigenvalue weighted by Crippen LogP contribution is -2.06. The number of nitrogens with one attached hydrogen (secondary N) is 1. The highest BCUT2D eigenvalue weighted by Crippen LogP contribution is 2.32. The van der Waals surface area contributed by atoms with Crippen LogP contribution in [0.2, 0.25) is 0 Å². The van der Waals surface area contributed by atoms with Crippen LogP contribution >= 0.6 is 11.3 Å². The summed E-state index contributed by atoms with van der Waals surface area (Å²) in [4.78, 5) is 28.6. The van der Waals surface area contributed by atoms with Crippen LogP contribution < -0.4 is 15.7 Å². The lowest BCUT2D eigenvalue weighted by Gasteiger charge is -2.05. The SMILES string of the molecule is COc1cccc2cc(-c3nc(NC(C)=O)sc3C)c(=O)oc12. The van der Waals surface area contributed by atoms with Gasteiger partial charge in [-0.25, -0.2) is 9.78 Å². The van der Waals surface area contributed by atoms with Gasteiger partial charge in [0.1, 0.15) is 0 Å². The average molecular weight is 330 g/mol. The molecule has 0 atom stereocenters. The van der Waals surface area contributed by atoms with Gasteiger partial charge in [-0.05, 0) is 19.1 Å². The summed E-state index contributed by atoms with van der Waals surface area (Å²) in [6, 6.07) is 7.11. The van der Waals surface area contributed by atoms with E-state index < -0.39 is 5.63 Å². The number of rotatable bonds is 3. The normalized spacial score (nSPS) is 10.7. The fourth-order valence-corrected chi connectivity index (χ4v) is 3.17. The molecular weight excluding hydrogens is 316 g/mol. The van der Waals surface area contributed by atoms with E-state index in [0.29, 0.717) is 27.7 Å². The number of hydrogen-bond donors (Lipinski definition) is 1. The molecule has 2 aromatic heterocycles. The van der Waals surface area contributed by atoms with Crippen molar-refractivity contribution in [3.8, 4) is 17.0 Å². The molecule has 0 bridgehead atoms. The van der Waals surface area contributed by atoms with E-state index in [-0.39, 0.29) is 5.91 Å². The van der Waals surface area contributed by atoms with Crippen molar-refractivity contribution in [2.45, 2.75) is 13.8 Å². The molecule has 0 saturated heterocycles. The number of carbonyl (C=O) groups is 1. The molecule has 0 fully saturated rings. The number of aryl methyl sites for hydroxylation is 1. The minimum Gasteiger partial charge on any atom is -0.493 e. The number of thiazole rings is 1. The molecule has 2 heterocycles. The van der Waals surface area contributed by atoms with Gasteiger partial charge in [-0.15, -0.1) is 11.3 Å². The molecule has 3 aromatic rings. The fraction of sp³-hybridized carbons (Fsp3) is 0.188. The van der Waals surface area contributed by atoms with E-state index in [9.17, 15) is 9.59 Å². The van der Waals surface area contributed by atoms with Gasteiger partial charge < -0.3 is 14.5 Å². The van der Waals surface area contributed by atoms with Crippen LogP contribution in [0.1, 0.15) is 11.8 Å². The van der Waals surface area contributed by atoms with Crippen LogP contribution in [-0.2, 0) is 4.79 Å². The number of amides is 1. The highest BCUT2D eigenvalue weighted by Gasteiger charge is 2.17. The Morgan fingerprint density at radius 2 is 2.17 bits per heavy atom. The van der Waals surface area contributed by atoms with Crippen molar-refractivity contribution < 1.29 is 13.9 Å². The molecule has 1 N–H and O–H groups in total. The Kier molecular flexibility index (Phi) is 3.87. The average Bonchev–Trinajstić information content (AvgIpc) is 2.85. The maximum Gasteiger partial charge on any atom is 0.345 e. The van der Waals surface area contributed by atoms with Gasteiger partial charge in [-0.2, -0.15) is 0 Å². The van der Waals surface area contributed by atoms with Crippen molar-refractivity contribution in [1.29, 1.82) is 0 Å². The van der Waals surface area contributed by atoms with Crippen molar-refractivity contribution in [3.63, 3.8) is 0 Å². The molecule has 0 saturated carbocycles. The number of anilines is 1. The maximum atomic E-state index is 12.3. The molecule has 0 unspecified atom stereocenters. The van der Waals surface area contributed by atoms with Gasteiger partial charge in [-0.1, -0.05) is 12.1 Å². The number of benzene rings is 1. The number of methoxy groups -OCH3 is 1. The third kappa shape index (κ3) is 2.83. The second kappa shape index (κ2) is 5.85. The molecule has 1 amide bonds. The highest BCUT2D eigenvalue weighted by atomic mass is 32.1. The summed E-state index contributed by atoms with van der Waals surface area (Å²) in [6.07, 6.45) is 0. The predicted octanol–water partition coefficient (Wildman–Crippen LogP) is 3.19. The zero-order valence-corrected chi connectivity index (χ0v) is 13.6. The van der Waals surface area contributed by atoms with Crippen molar-refractivity contribution in [1.82, 2.24) is 4.98 Å². The first-order valence-corrected chi connectivity index (χ1v) is 7.67. The van der Waals surface area contributed by atoms with E-state index >= 15 is 0 Å². The summed E-state index contributed by atoms with van der Waals surface area (Å²) in [5, 5.41) is 3.82. The molecule has 0 aliphatic heterocycles. The van der Waals surface area contributed by atoms with E-state index in [1.54, 1.807) is 12.1 Å². The van der Waals surface area contributed by atoms with Crippen LogP contribution in [0.4, 0.5) is 5.13 Å². The quantitative estimate of drug-likeness (QED) is 0.746. The van der Waals surface area contributed by atoms with Crippen LogP contribution in [0.15, 0.2) is 33.5 Å². The lowest BCUT2D eigenvalue weighted by atomic mass is 10.1. The smallest absolute Gasteiger partial charge is 0.345 e. The van der Waals surface area contributed by atoms with Gasteiger partial charge >= 0.3 is 5.63 Å². The Morgan fingerprint density at radius 1 is 1.39 bits per heavy atom. The molecule has 23 heavy (non-hydrogen) atoms. The van der Waals surface area contributed by atoms with Gasteiger partial charge in [0.2, 0.25) is 5.91 Å². The Bertz CT molecular complexity index is 958. The lowest BCUT2D eigenvalue weighted by molar-refractivity contribution is -0.114. The standard InChI is InChI=1S/C16H14N2O4S/c1-8-13(18-16(23-8)17-9(2)19)11-7-10-5-4-6-12(21-3)14(10)22-15(11)20/h4-7H,1-3H3,(H,17,18,19). The third-order valence-electron chi connectivity index (χ3n) is 3.28. The highest BCUT2D eigenvalue weighted by molar-refractivity contribution is 7.16. The number of fused-ring (bicyclic) bond motifs is 1. The molecule has 3 rings (SSSR count). The van der Waals surface area contributed by atoms with E-state index in [4.69, 9.17) is 9.15 Å². The number of ether oxygens (including phenoxy) is 1. The molecule has 0 radical (unpaired) electrons. The summed E-state index contributed by atoms with van der Waals surface area (Å²) in [5.74, 6) is 0.292. The Labute approximate surface area is 135 Å². The zero-order chi connectivity index (χ0) is 16.6. The van der Waals surface area contributed by atoms with Gasteiger partial charge in [0.15, 0.2) is 16.5 Å². The minimum atomic E-state index is -0.496. The minimum absolute atomic E-state index is 0.208. The van der Waals surface area contributed by atoms with E-state index in [0.717, 1.165) is 10.3 Å². The Morgan fingerprint density at radius 3 is 2.87 bits per heavy atom. The molecule has 1 aromatic carbocycles. The van der Waals surface area contributed by atoms with Crippen molar-refractivity contribution in [2.75, 3.05) is 12.4 Å². The van der Waals surface area contributed by atoms with Crippen LogP contribution in [0, 0.1) is 6.92 Å². The van der Waals surface area contributed by atoms with E-state index in [1.807, 2.05) is 19.1 Å². The first-order chi connectivity index (χ1) is 11.0. The Hall–Kier alpha value is -2.67. The summed E-state index contributed by atoms with van der Waals surface area (Å²) in [6.45, 7) is 3.25. The first kappa shape index (κ1) is 15.2. The second-order valence-electron chi connectivity index (χ2n) is 4.93. The number of nitrogens with zero attached hydrogens (tertiary/aromatic N) is 1. The van der Waals surface area contributed by atoms with Crippen LogP contribution in [-0.4, -0.2) is 18.0 Å². The largest absolute Gasteiger partial charge is 0.493 e. The summed E-state index contributed by atoms with van der Waals surface area (Å²) in [5.41, 5.74) is 0.775. The van der Waals surface area contributed by atoms with Crippen molar-refractivity contribution in [3.05, 3.63) is 39.6 Å². The van der Waals surface area contributed by atoms with Crippen LogP contribution in [0.3, 0.4) is 0 Å². The third-order valence-corrected chi connectivity index (χ3v) is 4.16. The fourth-order valence-electron chi connectivity index (χ4n) is 2.29. The summed E-state index contributed by atoms with van der Waals surface area (Å²) < 4.78 is 10.6. The van der Waals surface area contributed by atoms with E-state index in [2.05, 4.69) is 10.3 Å². The summed E-state index contributed by atoms with van der Waals surface area (Å²) in [7, 11) is 1.52. The molecule has 0 aliphatic rings. The molecule has 7 heteroatoms. The number of hydrogen-bond acceptors (Lipinski definition) is 6. The molecular formula is C16H14N2O4S.